The third kappa shape index (κ3) is 3.43. The van der Waals surface area contributed by atoms with Gasteiger partial charge in [0.15, 0.2) is 0 Å². The number of hydrogen-bond acceptors (Lipinski definition) is 3. The first kappa shape index (κ1) is 13.3. The Morgan fingerprint density at radius 3 is 2.24 bits per heavy atom. The van der Waals surface area contributed by atoms with Gasteiger partial charge in [0.25, 0.3) is 0 Å². The van der Waals surface area contributed by atoms with Crippen LogP contribution in [-0.4, -0.2) is 60.1 Å². The first-order chi connectivity index (χ1) is 7.89. The summed E-state index contributed by atoms with van der Waals surface area (Å²) in [6, 6.07) is 0. The lowest BCUT2D eigenvalue weighted by molar-refractivity contribution is 0.0515. The molecule has 1 unspecified atom stereocenters. The van der Waals surface area contributed by atoms with Crippen LogP contribution in [0.15, 0.2) is 0 Å². The quantitative estimate of drug-likeness (QED) is 0.789. The molecule has 1 N–H and O–H groups in total. The summed E-state index contributed by atoms with van der Waals surface area (Å²) in [5, 5.41) is 3.67. The maximum absolute atomic E-state index is 3.67. The Bertz CT molecular complexity index is 243. The Morgan fingerprint density at radius 2 is 1.76 bits per heavy atom. The van der Waals surface area contributed by atoms with Crippen molar-refractivity contribution in [1.82, 2.24) is 15.1 Å². The van der Waals surface area contributed by atoms with Gasteiger partial charge >= 0.3 is 0 Å². The van der Waals surface area contributed by atoms with Gasteiger partial charge in [-0.15, -0.1) is 0 Å². The molecule has 0 bridgehead atoms. The van der Waals surface area contributed by atoms with Crippen molar-refractivity contribution in [2.24, 2.45) is 0 Å². The molecule has 0 aromatic carbocycles. The fraction of sp³-hybridized carbons (Fsp3) is 1.00. The second-order valence-corrected chi connectivity index (χ2v) is 7.03. The van der Waals surface area contributed by atoms with Crippen molar-refractivity contribution in [3.8, 4) is 0 Å². The van der Waals surface area contributed by atoms with Gasteiger partial charge in [-0.2, -0.15) is 0 Å². The molecule has 3 nitrogen and oxygen atoms in total. The fourth-order valence-corrected chi connectivity index (χ4v) is 3.16. The molecule has 0 spiro atoms. The highest BCUT2D eigenvalue weighted by atomic mass is 15.3. The minimum atomic E-state index is 0.335. The van der Waals surface area contributed by atoms with Crippen LogP contribution in [0.25, 0.3) is 0 Å². The summed E-state index contributed by atoms with van der Waals surface area (Å²) < 4.78 is 0. The highest BCUT2D eigenvalue weighted by Crippen LogP contribution is 2.22. The van der Waals surface area contributed by atoms with Crippen molar-refractivity contribution < 1.29 is 0 Å². The van der Waals surface area contributed by atoms with Crippen LogP contribution >= 0.6 is 0 Å². The summed E-state index contributed by atoms with van der Waals surface area (Å²) in [5.41, 5.74) is 0.714. The number of nitrogens with one attached hydrogen (secondary N) is 1. The highest BCUT2D eigenvalue weighted by Gasteiger charge is 2.32. The third-order valence-electron chi connectivity index (χ3n) is 4.35. The van der Waals surface area contributed by atoms with Gasteiger partial charge in [-0.25, -0.2) is 0 Å². The van der Waals surface area contributed by atoms with Crippen molar-refractivity contribution >= 4 is 0 Å². The van der Waals surface area contributed by atoms with E-state index in [2.05, 4.69) is 42.8 Å². The summed E-state index contributed by atoms with van der Waals surface area (Å²) in [7, 11) is 0. The molecule has 2 saturated heterocycles. The molecular formula is C14H29N3. The zero-order valence-corrected chi connectivity index (χ0v) is 12.1. The largest absolute Gasteiger partial charge is 0.310 e. The summed E-state index contributed by atoms with van der Waals surface area (Å²) in [6.45, 7) is 16.7. The van der Waals surface area contributed by atoms with E-state index >= 15 is 0 Å². The molecule has 0 aliphatic carbocycles. The molecule has 0 saturated carbocycles. The van der Waals surface area contributed by atoms with Gasteiger partial charge in [-0.1, -0.05) is 0 Å². The smallest absolute Gasteiger partial charge is 0.0280 e. The van der Waals surface area contributed by atoms with E-state index in [0.29, 0.717) is 11.1 Å². The topological polar surface area (TPSA) is 18.5 Å². The van der Waals surface area contributed by atoms with E-state index in [4.69, 9.17) is 0 Å². The van der Waals surface area contributed by atoms with Crippen LogP contribution in [-0.2, 0) is 0 Å². The average molecular weight is 239 g/mol. The maximum atomic E-state index is 3.67. The third-order valence-corrected chi connectivity index (χ3v) is 4.35. The van der Waals surface area contributed by atoms with E-state index in [1.807, 2.05) is 0 Å². The molecule has 17 heavy (non-hydrogen) atoms. The summed E-state index contributed by atoms with van der Waals surface area (Å²) in [6.07, 6.45) is 2.69. The van der Waals surface area contributed by atoms with E-state index in [1.54, 1.807) is 0 Å². The van der Waals surface area contributed by atoms with Gasteiger partial charge in [-0.3, -0.25) is 9.80 Å². The fourth-order valence-electron chi connectivity index (χ4n) is 3.16. The van der Waals surface area contributed by atoms with Crippen molar-refractivity contribution in [2.45, 2.75) is 51.6 Å². The standard InChI is InChI=1S/C14H29N3/c1-13(2,3)17-10-8-16(9-11-17)12-14(4)6-5-7-15-14/h15H,5-12H2,1-4H3. The summed E-state index contributed by atoms with van der Waals surface area (Å²) >= 11 is 0. The van der Waals surface area contributed by atoms with E-state index in [9.17, 15) is 0 Å². The predicted octanol–water partition coefficient (Wildman–Crippen LogP) is 1.54. The Morgan fingerprint density at radius 1 is 1.12 bits per heavy atom. The molecule has 1 atom stereocenters. The lowest BCUT2D eigenvalue weighted by Gasteiger charge is -2.44. The lowest BCUT2D eigenvalue weighted by atomic mass is 9.98. The van der Waals surface area contributed by atoms with Gasteiger partial charge in [-0.05, 0) is 47.1 Å². The number of hydrogen-bond donors (Lipinski definition) is 1. The molecule has 0 aromatic heterocycles. The molecule has 0 radical (unpaired) electrons. The van der Waals surface area contributed by atoms with Gasteiger partial charge in [0, 0.05) is 43.8 Å². The van der Waals surface area contributed by atoms with Crippen LogP contribution in [0.5, 0.6) is 0 Å². The molecule has 2 rings (SSSR count). The Balaban J connectivity index is 1.79. The maximum Gasteiger partial charge on any atom is 0.0280 e. The highest BCUT2D eigenvalue weighted by molar-refractivity contribution is 4.93. The second-order valence-electron chi connectivity index (χ2n) is 7.03. The molecule has 2 fully saturated rings. The monoisotopic (exact) mass is 239 g/mol. The average Bonchev–Trinajstić information content (AvgIpc) is 2.64. The normalized spacial score (nSPS) is 33.2. The van der Waals surface area contributed by atoms with Crippen molar-refractivity contribution in [2.75, 3.05) is 39.3 Å². The van der Waals surface area contributed by atoms with Crippen molar-refractivity contribution in [3.63, 3.8) is 0 Å². The Hall–Kier alpha value is -0.120. The van der Waals surface area contributed by atoms with E-state index < -0.39 is 0 Å². The minimum Gasteiger partial charge on any atom is -0.310 e. The SMILES string of the molecule is CC1(CN2CCN(C(C)(C)C)CC2)CCCN1. The second kappa shape index (κ2) is 4.87. The van der Waals surface area contributed by atoms with Crippen LogP contribution in [0.2, 0.25) is 0 Å². The molecule has 2 heterocycles. The number of rotatable bonds is 2. The summed E-state index contributed by atoms with van der Waals surface area (Å²) in [5.74, 6) is 0. The molecule has 0 aromatic rings. The molecule has 3 heteroatoms. The van der Waals surface area contributed by atoms with Crippen LogP contribution in [0, 0.1) is 0 Å². The lowest BCUT2D eigenvalue weighted by Crippen LogP contribution is -2.57. The Labute approximate surface area is 107 Å². The van der Waals surface area contributed by atoms with E-state index in [1.165, 1.54) is 52.1 Å². The van der Waals surface area contributed by atoms with Crippen molar-refractivity contribution in [1.29, 1.82) is 0 Å². The molecule has 2 aliphatic heterocycles. The van der Waals surface area contributed by atoms with Gasteiger partial charge < -0.3 is 5.32 Å². The van der Waals surface area contributed by atoms with E-state index in [-0.39, 0.29) is 0 Å². The Kier molecular flexibility index (Phi) is 3.81. The predicted molar refractivity (Wildman–Crippen MR) is 73.4 cm³/mol. The first-order valence-corrected chi connectivity index (χ1v) is 7.12. The van der Waals surface area contributed by atoms with Gasteiger partial charge in [0.1, 0.15) is 0 Å². The van der Waals surface area contributed by atoms with Crippen LogP contribution in [0.1, 0.15) is 40.5 Å². The van der Waals surface area contributed by atoms with Crippen LogP contribution in [0.3, 0.4) is 0 Å². The first-order valence-electron chi connectivity index (χ1n) is 7.12. The minimum absolute atomic E-state index is 0.335. The van der Waals surface area contributed by atoms with Gasteiger partial charge in [0.2, 0.25) is 0 Å². The van der Waals surface area contributed by atoms with Crippen LogP contribution in [0.4, 0.5) is 0 Å². The zero-order valence-electron chi connectivity index (χ0n) is 12.1. The van der Waals surface area contributed by atoms with Crippen LogP contribution < -0.4 is 5.32 Å². The zero-order chi connectivity index (χ0) is 12.5. The molecule has 2 aliphatic rings. The number of nitrogens with zero attached hydrogens (tertiary/aromatic N) is 2. The van der Waals surface area contributed by atoms with Crippen molar-refractivity contribution in [3.05, 3.63) is 0 Å². The number of piperazine rings is 1. The molecular weight excluding hydrogens is 210 g/mol. The summed E-state index contributed by atoms with van der Waals surface area (Å²) in [4.78, 5) is 5.24. The van der Waals surface area contributed by atoms with E-state index in [0.717, 1.165) is 0 Å². The van der Waals surface area contributed by atoms with Gasteiger partial charge in [0.05, 0.1) is 0 Å². The molecule has 0 amide bonds. The molecule has 100 valence electrons.